The Labute approximate surface area is 126 Å². The number of urea groups is 1. The van der Waals surface area contributed by atoms with Gasteiger partial charge < -0.3 is 15.7 Å². The van der Waals surface area contributed by atoms with Gasteiger partial charge in [0.2, 0.25) is 0 Å². The molecule has 0 bridgehead atoms. The first kappa shape index (κ1) is 16.3. The third-order valence-electron chi connectivity index (χ3n) is 2.77. The number of rotatable bonds is 6. The molecule has 0 saturated carbocycles. The van der Waals surface area contributed by atoms with Crippen LogP contribution in [0.15, 0.2) is 28.7 Å². The van der Waals surface area contributed by atoms with Crippen LogP contribution in [0.25, 0.3) is 0 Å². The number of aliphatic hydroxyl groups excluding tert-OH is 1. The summed E-state index contributed by atoms with van der Waals surface area (Å²) in [6.07, 6.45) is 1.92. The van der Waals surface area contributed by atoms with Crippen LogP contribution >= 0.6 is 27.7 Å². The molecule has 19 heavy (non-hydrogen) atoms. The Kier molecular flexibility index (Phi) is 7.27. The molecule has 0 saturated heterocycles. The lowest BCUT2D eigenvalue weighted by atomic mass is 10.2. The second kappa shape index (κ2) is 8.45. The Morgan fingerprint density at radius 3 is 2.58 bits per heavy atom. The van der Waals surface area contributed by atoms with E-state index in [9.17, 15) is 4.79 Å². The fourth-order valence-corrected chi connectivity index (χ4v) is 2.46. The minimum absolute atomic E-state index is 0.0124. The lowest BCUT2D eigenvalue weighted by Crippen LogP contribution is -2.45. The molecule has 0 fully saturated rings. The molecule has 106 valence electrons. The highest BCUT2D eigenvalue weighted by Gasteiger charge is 2.16. The van der Waals surface area contributed by atoms with Crippen molar-refractivity contribution in [3.8, 4) is 0 Å². The summed E-state index contributed by atoms with van der Waals surface area (Å²) in [5.41, 5.74) is 1.04. The van der Waals surface area contributed by atoms with Crippen LogP contribution in [-0.4, -0.2) is 35.3 Å². The first-order valence-electron chi connectivity index (χ1n) is 5.99. The number of carbonyl (C=O) groups excluding carboxylic acids is 1. The van der Waals surface area contributed by atoms with Gasteiger partial charge >= 0.3 is 6.03 Å². The molecule has 2 atom stereocenters. The SMILES string of the molecule is CSC(CO)C(C)NC(=O)NCc1ccc(Br)cc1. The van der Waals surface area contributed by atoms with E-state index in [-0.39, 0.29) is 23.9 Å². The predicted octanol–water partition coefficient (Wildman–Crippen LogP) is 2.36. The zero-order valence-electron chi connectivity index (χ0n) is 11.0. The monoisotopic (exact) mass is 346 g/mol. The fraction of sp³-hybridized carbons (Fsp3) is 0.462. The van der Waals surface area contributed by atoms with Gasteiger partial charge in [-0.25, -0.2) is 4.79 Å². The predicted molar refractivity (Wildman–Crippen MR) is 83.4 cm³/mol. The first-order valence-corrected chi connectivity index (χ1v) is 8.07. The van der Waals surface area contributed by atoms with E-state index in [1.807, 2.05) is 37.4 Å². The molecule has 2 amide bonds. The van der Waals surface area contributed by atoms with Crippen molar-refractivity contribution in [2.45, 2.75) is 24.8 Å². The second-order valence-electron chi connectivity index (χ2n) is 4.20. The van der Waals surface area contributed by atoms with E-state index in [2.05, 4.69) is 26.6 Å². The Hall–Kier alpha value is -0.720. The maximum absolute atomic E-state index is 11.7. The number of aliphatic hydroxyl groups is 1. The van der Waals surface area contributed by atoms with E-state index >= 15 is 0 Å². The second-order valence-corrected chi connectivity index (χ2v) is 6.19. The maximum atomic E-state index is 11.7. The van der Waals surface area contributed by atoms with Gasteiger partial charge in [-0.05, 0) is 30.9 Å². The number of benzene rings is 1. The third-order valence-corrected chi connectivity index (χ3v) is 4.46. The minimum atomic E-state index is -0.220. The van der Waals surface area contributed by atoms with Gasteiger partial charge in [0, 0.05) is 22.3 Å². The Balaban J connectivity index is 2.37. The highest BCUT2D eigenvalue weighted by Crippen LogP contribution is 2.11. The Morgan fingerprint density at radius 2 is 2.05 bits per heavy atom. The zero-order valence-corrected chi connectivity index (χ0v) is 13.4. The van der Waals surface area contributed by atoms with Gasteiger partial charge in [0.05, 0.1) is 6.61 Å². The molecular weight excluding hydrogens is 328 g/mol. The van der Waals surface area contributed by atoms with Crippen molar-refractivity contribution in [1.82, 2.24) is 10.6 Å². The summed E-state index contributed by atoms with van der Waals surface area (Å²) < 4.78 is 1.01. The number of amides is 2. The summed E-state index contributed by atoms with van der Waals surface area (Å²) in [6, 6.07) is 7.48. The number of halogens is 1. The van der Waals surface area contributed by atoms with E-state index in [0.717, 1.165) is 10.0 Å². The van der Waals surface area contributed by atoms with Crippen molar-refractivity contribution in [1.29, 1.82) is 0 Å². The number of hydrogen-bond acceptors (Lipinski definition) is 3. The smallest absolute Gasteiger partial charge is 0.315 e. The van der Waals surface area contributed by atoms with Crippen molar-refractivity contribution in [2.24, 2.45) is 0 Å². The number of thioether (sulfide) groups is 1. The lowest BCUT2D eigenvalue weighted by Gasteiger charge is -2.21. The van der Waals surface area contributed by atoms with Crippen LogP contribution in [0, 0.1) is 0 Å². The topological polar surface area (TPSA) is 61.4 Å². The first-order chi connectivity index (χ1) is 9.06. The average molecular weight is 347 g/mol. The van der Waals surface area contributed by atoms with Gasteiger partial charge in [0.1, 0.15) is 0 Å². The van der Waals surface area contributed by atoms with E-state index in [4.69, 9.17) is 5.11 Å². The molecule has 0 heterocycles. The molecule has 0 aromatic heterocycles. The number of hydrogen-bond donors (Lipinski definition) is 3. The molecule has 0 aliphatic carbocycles. The Bertz CT molecular complexity index is 396. The zero-order chi connectivity index (χ0) is 14.3. The van der Waals surface area contributed by atoms with Gasteiger partial charge in [0.25, 0.3) is 0 Å². The summed E-state index contributed by atoms with van der Waals surface area (Å²) in [6.45, 7) is 2.42. The molecule has 6 heteroatoms. The molecular formula is C13H19BrN2O2S. The van der Waals surface area contributed by atoms with Crippen molar-refractivity contribution < 1.29 is 9.90 Å². The van der Waals surface area contributed by atoms with Crippen LogP contribution in [0.2, 0.25) is 0 Å². The van der Waals surface area contributed by atoms with Crippen LogP contribution in [0.3, 0.4) is 0 Å². The minimum Gasteiger partial charge on any atom is -0.395 e. The largest absolute Gasteiger partial charge is 0.395 e. The molecule has 1 aromatic carbocycles. The standard InChI is InChI=1S/C13H19BrN2O2S/c1-9(12(8-17)19-2)16-13(18)15-7-10-3-5-11(14)6-4-10/h3-6,9,12,17H,7-8H2,1-2H3,(H2,15,16,18). The fourth-order valence-electron chi connectivity index (χ4n) is 1.57. The highest BCUT2D eigenvalue weighted by atomic mass is 79.9. The van der Waals surface area contributed by atoms with Crippen molar-refractivity contribution in [2.75, 3.05) is 12.9 Å². The number of carbonyl (C=O) groups is 1. The summed E-state index contributed by atoms with van der Waals surface area (Å²) in [7, 11) is 0. The number of nitrogens with one attached hydrogen (secondary N) is 2. The quantitative estimate of drug-likeness (QED) is 0.740. The van der Waals surface area contributed by atoms with Crippen LogP contribution in [-0.2, 0) is 6.54 Å². The molecule has 0 aliphatic heterocycles. The lowest BCUT2D eigenvalue weighted by molar-refractivity contribution is 0.232. The molecule has 0 spiro atoms. The van der Waals surface area contributed by atoms with Crippen LogP contribution in [0.1, 0.15) is 12.5 Å². The molecule has 1 aromatic rings. The average Bonchev–Trinajstić information content (AvgIpc) is 2.39. The normalized spacial score (nSPS) is 13.7. The van der Waals surface area contributed by atoms with Crippen LogP contribution in [0.5, 0.6) is 0 Å². The van der Waals surface area contributed by atoms with Crippen molar-refractivity contribution >= 4 is 33.7 Å². The summed E-state index contributed by atoms with van der Waals surface area (Å²) in [5.74, 6) is 0. The van der Waals surface area contributed by atoms with Gasteiger partial charge in [-0.15, -0.1) is 0 Å². The molecule has 2 unspecified atom stereocenters. The molecule has 4 nitrogen and oxygen atoms in total. The third kappa shape index (κ3) is 5.84. The van der Waals surface area contributed by atoms with Gasteiger partial charge in [-0.2, -0.15) is 11.8 Å². The van der Waals surface area contributed by atoms with E-state index in [0.29, 0.717) is 6.54 Å². The summed E-state index contributed by atoms with van der Waals surface area (Å²) in [4.78, 5) is 11.7. The van der Waals surface area contributed by atoms with Crippen LogP contribution < -0.4 is 10.6 Å². The highest BCUT2D eigenvalue weighted by molar-refractivity contribution is 9.10. The van der Waals surface area contributed by atoms with Gasteiger partial charge in [0.15, 0.2) is 0 Å². The van der Waals surface area contributed by atoms with Gasteiger partial charge in [-0.1, -0.05) is 28.1 Å². The summed E-state index contributed by atoms with van der Waals surface area (Å²) >= 11 is 4.90. The van der Waals surface area contributed by atoms with Crippen molar-refractivity contribution in [3.05, 3.63) is 34.3 Å². The van der Waals surface area contributed by atoms with Crippen LogP contribution in [0.4, 0.5) is 4.79 Å². The molecule has 0 aliphatic rings. The maximum Gasteiger partial charge on any atom is 0.315 e. The van der Waals surface area contributed by atoms with E-state index < -0.39 is 0 Å². The van der Waals surface area contributed by atoms with Crippen molar-refractivity contribution in [3.63, 3.8) is 0 Å². The van der Waals surface area contributed by atoms with E-state index in [1.54, 1.807) is 0 Å². The van der Waals surface area contributed by atoms with E-state index in [1.165, 1.54) is 11.8 Å². The molecule has 1 rings (SSSR count). The van der Waals surface area contributed by atoms with Gasteiger partial charge in [-0.3, -0.25) is 0 Å². The Morgan fingerprint density at radius 1 is 1.42 bits per heavy atom. The molecule has 3 N–H and O–H groups in total. The summed E-state index contributed by atoms with van der Waals surface area (Å²) in [5, 5.41) is 14.8. The molecule has 0 radical (unpaired) electrons.